The molecule has 12 heavy (non-hydrogen) atoms. The summed E-state index contributed by atoms with van der Waals surface area (Å²) >= 11 is 3.80. The molecule has 0 aromatic rings. The lowest BCUT2D eigenvalue weighted by molar-refractivity contribution is 0.367. The van der Waals surface area contributed by atoms with Crippen LogP contribution in [-0.4, -0.2) is 31.4 Å². The second kappa shape index (κ2) is 5.33. The molecule has 1 unspecified atom stereocenters. The van der Waals surface area contributed by atoms with Crippen molar-refractivity contribution < 1.29 is 18.6 Å². The van der Waals surface area contributed by atoms with Gasteiger partial charge in [-0.3, -0.25) is 15.0 Å². The van der Waals surface area contributed by atoms with Gasteiger partial charge >= 0.3 is 7.60 Å². The van der Waals surface area contributed by atoms with Crippen LogP contribution < -0.4 is 10.5 Å². The lowest BCUT2D eigenvalue weighted by atomic mass is 10.7. The van der Waals surface area contributed by atoms with Crippen LogP contribution in [0.1, 0.15) is 0 Å². The highest BCUT2D eigenvalue weighted by Gasteiger charge is 2.17. The molecule has 74 valence electrons. The third kappa shape index (κ3) is 6.13. The van der Waals surface area contributed by atoms with Gasteiger partial charge in [0.25, 0.3) is 0 Å². The van der Waals surface area contributed by atoms with Gasteiger partial charge in [-0.1, -0.05) is 0 Å². The SMILES string of the molecule is NS(=O)[C@H](CS)NCP(=O)(O)O. The topological polar surface area (TPSA) is 113 Å². The average Bonchev–Trinajstić information content (AvgIpc) is 1.85. The van der Waals surface area contributed by atoms with Gasteiger partial charge in [0.05, 0.1) is 6.29 Å². The van der Waals surface area contributed by atoms with Crippen LogP contribution in [0.15, 0.2) is 0 Å². The van der Waals surface area contributed by atoms with Crippen LogP contribution in [0.2, 0.25) is 0 Å². The fourth-order valence-electron chi connectivity index (χ4n) is 0.441. The summed E-state index contributed by atoms with van der Waals surface area (Å²) in [6.07, 6.45) is -0.541. The van der Waals surface area contributed by atoms with Crippen molar-refractivity contribution in [2.24, 2.45) is 5.14 Å². The molecule has 0 fully saturated rings. The normalized spacial score (nSPS) is 17.3. The Balaban J connectivity index is 3.90. The molecule has 0 rings (SSSR count). The van der Waals surface area contributed by atoms with E-state index >= 15 is 0 Å². The standard InChI is InChI=1S/C3H11N2O4PS2/c4-12(9)3(1-11)5-2-10(6,7)8/h3,5,11H,1-2,4H2,(H2,6,7,8)/t3-,12?/m1/s1. The van der Waals surface area contributed by atoms with E-state index in [0.717, 1.165) is 0 Å². The van der Waals surface area contributed by atoms with Crippen LogP contribution in [-0.2, 0) is 15.6 Å². The first-order valence-corrected chi connectivity index (χ1v) is 6.61. The number of nitrogens with one attached hydrogen (secondary N) is 1. The van der Waals surface area contributed by atoms with Crippen LogP contribution in [0.3, 0.4) is 0 Å². The molecule has 0 aliphatic carbocycles. The number of thiol groups is 1. The zero-order valence-corrected chi connectivity index (χ0v) is 8.69. The Labute approximate surface area is 78.1 Å². The minimum Gasteiger partial charge on any atom is -0.324 e. The van der Waals surface area contributed by atoms with Gasteiger partial charge in [-0.2, -0.15) is 12.6 Å². The van der Waals surface area contributed by atoms with Crippen LogP contribution >= 0.6 is 20.2 Å². The van der Waals surface area contributed by atoms with Gasteiger partial charge in [-0.05, 0) is 0 Å². The minimum atomic E-state index is -4.11. The molecule has 0 aliphatic rings. The second-order valence-electron chi connectivity index (χ2n) is 2.03. The molecule has 0 aliphatic heterocycles. The van der Waals surface area contributed by atoms with Crippen molar-refractivity contribution in [3.8, 4) is 0 Å². The zero-order chi connectivity index (χ0) is 9.78. The Hall–Kier alpha value is 0.570. The summed E-state index contributed by atoms with van der Waals surface area (Å²) in [5.41, 5.74) is 0. The average molecular weight is 234 g/mol. The van der Waals surface area contributed by atoms with Crippen LogP contribution in [0.5, 0.6) is 0 Å². The van der Waals surface area contributed by atoms with E-state index < -0.39 is 30.2 Å². The molecule has 0 heterocycles. The molecule has 0 aromatic heterocycles. The molecule has 0 saturated carbocycles. The van der Waals surface area contributed by atoms with Crippen molar-refractivity contribution in [1.82, 2.24) is 5.32 Å². The molecule has 0 saturated heterocycles. The molecule has 9 heteroatoms. The van der Waals surface area contributed by atoms with E-state index in [0.29, 0.717) is 0 Å². The lowest BCUT2D eigenvalue weighted by Gasteiger charge is -2.13. The highest BCUT2D eigenvalue weighted by molar-refractivity contribution is 7.86. The summed E-state index contributed by atoms with van der Waals surface area (Å²) in [5.74, 6) is 0.156. The summed E-state index contributed by atoms with van der Waals surface area (Å²) in [6, 6.07) is 0. The Morgan fingerprint density at radius 3 is 2.42 bits per heavy atom. The maximum Gasteiger partial charge on any atom is 0.339 e. The first kappa shape index (κ1) is 12.6. The van der Waals surface area contributed by atoms with Crippen molar-refractivity contribution in [3.63, 3.8) is 0 Å². The predicted molar refractivity (Wildman–Crippen MR) is 50.0 cm³/mol. The Bertz CT molecular complexity index is 206. The van der Waals surface area contributed by atoms with Crippen LogP contribution in [0.25, 0.3) is 0 Å². The molecule has 2 atom stereocenters. The number of nitrogens with two attached hydrogens (primary N) is 1. The quantitative estimate of drug-likeness (QED) is 0.296. The van der Waals surface area contributed by atoms with Gasteiger partial charge in [-0.25, -0.2) is 4.21 Å². The third-order valence-electron chi connectivity index (χ3n) is 0.971. The Morgan fingerprint density at radius 1 is 1.67 bits per heavy atom. The summed E-state index contributed by atoms with van der Waals surface area (Å²) in [6.45, 7) is 0. The summed E-state index contributed by atoms with van der Waals surface area (Å²) < 4.78 is 21.0. The molecule has 0 bridgehead atoms. The largest absolute Gasteiger partial charge is 0.339 e. The number of hydrogen-bond acceptors (Lipinski definition) is 4. The van der Waals surface area contributed by atoms with E-state index in [4.69, 9.17) is 14.9 Å². The molecule has 6 nitrogen and oxygen atoms in total. The van der Waals surface area contributed by atoms with E-state index in [2.05, 4.69) is 17.9 Å². The van der Waals surface area contributed by atoms with Crippen molar-refractivity contribution in [2.45, 2.75) is 5.37 Å². The van der Waals surface area contributed by atoms with E-state index in [9.17, 15) is 8.77 Å². The molecule has 0 amide bonds. The van der Waals surface area contributed by atoms with Crippen LogP contribution in [0.4, 0.5) is 0 Å². The zero-order valence-electron chi connectivity index (χ0n) is 6.08. The molecule has 0 aromatic carbocycles. The first-order chi connectivity index (χ1) is 5.37. The molecular weight excluding hydrogens is 223 g/mol. The van der Waals surface area contributed by atoms with Gasteiger partial charge in [0, 0.05) is 5.75 Å². The summed E-state index contributed by atoms with van der Waals surface area (Å²) in [4.78, 5) is 16.9. The Kier molecular flexibility index (Phi) is 5.59. The summed E-state index contributed by atoms with van der Waals surface area (Å²) in [7, 11) is -5.78. The van der Waals surface area contributed by atoms with Gasteiger partial charge in [0.15, 0.2) is 0 Å². The van der Waals surface area contributed by atoms with Crippen LogP contribution in [0, 0.1) is 0 Å². The fraction of sp³-hybridized carbons (Fsp3) is 1.00. The van der Waals surface area contributed by atoms with E-state index in [1.54, 1.807) is 0 Å². The van der Waals surface area contributed by atoms with Gasteiger partial charge < -0.3 is 9.79 Å². The predicted octanol–water partition coefficient (Wildman–Crippen LogP) is -1.41. The second-order valence-corrected chi connectivity index (χ2v) is 5.26. The highest BCUT2D eigenvalue weighted by atomic mass is 32.2. The van der Waals surface area contributed by atoms with Crippen molar-refractivity contribution >= 4 is 31.2 Å². The molecule has 0 radical (unpaired) electrons. The van der Waals surface area contributed by atoms with E-state index in [1.807, 2.05) is 0 Å². The summed E-state index contributed by atoms with van der Waals surface area (Å²) in [5, 5.41) is 6.63. The van der Waals surface area contributed by atoms with Crippen molar-refractivity contribution in [1.29, 1.82) is 0 Å². The minimum absolute atomic E-state index is 0.156. The van der Waals surface area contributed by atoms with E-state index in [1.165, 1.54) is 0 Å². The Morgan fingerprint density at radius 2 is 2.17 bits per heavy atom. The monoisotopic (exact) mass is 234 g/mol. The maximum atomic E-state index is 10.6. The fourth-order valence-corrected chi connectivity index (χ4v) is 1.99. The molecule has 5 N–H and O–H groups in total. The van der Waals surface area contributed by atoms with Crippen molar-refractivity contribution in [3.05, 3.63) is 0 Å². The molecular formula is C3H11N2O4PS2. The van der Waals surface area contributed by atoms with Gasteiger partial charge in [0.2, 0.25) is 0 Å². The third-order valence-corrected chi connectivity index (χ3v) is 3.07. The molecule has 0 spiro atoms. The van der Waals surface area contributed by atoms with Gasteiger partial charge in [-0.15, -0.1) is 0 Å². The lowest BCUT2D eigenvalue weighted by Crippen LogP contribution is -2.38. The first-order valence-electron chi connectivity index (χ1n) is 2.90. The van der Waals surface area contributed by atoms with Gasteiger partial charge in [0.1, 0.15) is 16.4 Å². The maximum absolute atomic E-state index is 10.6. The number of hydrogen-bond donors (Lipinski definition) is 5. The smallest absolute Gasteiger partial charge is 0.324 e. The number of rotatable bonds is 5. The highest BCUT2D eigenvalue weighted by Crippen LogP contribution is 2.32. The van der Waals surface area contributed by atoms with Crippen molar-refractivity contribution in [2.75, 3.05) is 12.0 Å². The van der Waals surface area contributed by atoms with E-state index in [-0.39, 0.29) is 5.75 Å².